The first-order chi connectivity index (χ1) is 8.81. The van der Waals surface area contributed by atoms with Crippen molar-refractivity contribution >= 4 is 5.91 Å². The van der Waals surface area contributed by atoms with E-state index >= 15 is 0 Å². The van der Waals surface area contributed by atoms with Crippen LogP contribution in [-0.4, -0.2) is 38.8 Å². The fourth-order valence-corrected chi connectivity index (χ4v) is 3.10. The lowest BCUT2D eigenvalue weighted by Gasteiger charge is -2.21. The van der Waals surface area contributed by atoms with Crippen LogP contribution in [0.15, 0.2) is 0 Å². The number of nitrogens with one attached hydrogen (secondary N) is 2. The maximum atomic E-state index is 11.7. The molecule has 2 atom stereocenters. The Kier molecular flexibility index (Phi) is 5.45. The Morgan fingerprint density at radius 1 is 1.28 bits per heavy atom. The second kappa shape index (κ2) is 7.10. The summed E-state index contributed by atoms with van der Waals surface area (Å²) in [5, 5.41) is 6.21. The molecular formula is C14H26N2O2. The van der Waals surface area contributed by atoms with Crippen molar-refractivity contribution in [1.29, 1.82) is 0 Å². The molecule has 4 nitrogen and oxygen atoms in total. The van der Waals surface area contributed by atoms with Gasteiger partial charge in [-0.1, -0.05) is 32.1 Å². The van der Waals surface area contributed by atoms with Crippen LogP contribution in [0.1, 0.15) is 38.5 Å². The van der Waals surface area contributed by atoms with E-state index in [-0.39, 0.29) is 5.91 Å². The van der Waals surface area contributed by atoms with Crippen LogP contribution in [0.3, 0.4) is 0 Å². The van der Waals surface area contributed by atoms with Crippen molar-refractivity contribution in [3.63, 3.8) is 0 Å². The highest BCUT2D eigenvalue weighted by atomic mass is 16.5. The van der Waals surface area contributed by atoms with Crippen molar-refractivity contribution < 1.29 is 9.53 Å². The standard InChI is InChI=1S/C14H26N2O2/c1-18-8-7-15-10-14(17)16-13-9-12(13)11-5-3-2-4-6-11/h11-13,15H,2-10H2,1H3,(H,16,17). The zero-order valence-corrected chi connectivity index (χ0v) is 11.4. The summed E-state index contributed by atoms with van der Waals surface area (Å²) in [7, 11) is 1.67. The second-order valence-corrected chi connectivity index (χ2v) is 5.64. The molecule has 2 rings (SSSR count). The van der Waals surface area contributed by atoms with Crippen LogP contribution in [0, 0.1) is 11.8 Å². The average molecular weight is 254 g/mol. The molecule has 0 aromatic carbocycles. The lowest BCUT2D eigenvalue weighted by atomic mass is 9.85. The van der Waals surface area contributed by atoms with Gasteiger partial charge in [-0.25, -0.2) is 0 Å². The number of ether oxygens (including phenoxy) is 1. The normalized spacial score (nSPS) is 28.1. The lowest BCUT2D eigenvalue weighted by Crippen LogP contribution is -2.37. The van der Waals surface area contributed by atoms with Gasteiger partial charge in [-0.3, -0.25) is 4.79 Å². The number of carbonyl (C=O) groups is 1. The fourth-order valence-electron chi connectivity index (χ4n) is 3.10. The Labute approximate surface area is 110 Å². The molecule has 2 aliphatic rings. The summed E-state index contributed by atoms with van der Waals surface area (Å²) in [5.41, 5.74) is 0. The van der Waals surface area contributed by atoms with Gasteiger partial charge in [0.25, 0.3) is 0 Å². The monoisotopic (exact) mass is 254 g/mol. The van der Waals surface area contributed by atoms with Crippen LogP contribution in [0.2, 0.25) is 0 Å². The first kappa shape index (κ1) is 13.8. The van der Waals surface area contributed by atoms with Crippen LogP contribution in [0.4, 0.5) is 0 Å². The third kappa shape index (κ3) is 4.25. The first-order valence-corrected chi connectivity index (χ1v) is 7.30. The van der Waals surface area contributed by atoms with Crippen LogP contribution in [0.5, 0.6) is 0 Å². The average Bonchev–Trinajstić information content (AvgIpc) is 3.15. The summed E-state index contributed by atoms with van der Waals surface area (Å²) in [4.78, 5) is 11.7. The molecule has 2 N–H and O–H groups in total. The van der Waals surface area contributed by atoms with E-state index in [2.05, 4.69) is 10.6 Å². The van der Waals surface area contributed by atoms with E-state index < -0.39 is 0 Å². The van der Waals surface area contributed by atoms with Gasteiger partial charge in [-0.2, -0.15) is 0 Å². The van der Waals surface area contributed by atoms with Crippen molar-refractivity contribution in [1.82, 2.24) is 10.6 Å². The van der Waals surface area contributed by atoms with E-state index in [1.54, 1.807) is 7.11 Å². The summed E-state index contributed by atoms with van der Waals surface area (Å²) < 4.78 is 4.92. The summed E-state index contributed by atoms with van der Waals surface area (Å²) in [6.07, 6.45) is 8.14. The van der Waals surface area contributed by atoms with E-state index in [0.717, 1.165) is 18.4 Å². The minimum Gasteiger partial charge on any atom is -0.383 e. The third-order valence-corrected chi connectivity index (χ3v) is 4.21. The van der Waals surface area contributed by atoms with Crippen molar-refractivity contribution in [2.45, 2.75) is 44.6 Å². The lowest BCUT2D eigenvalue weighted by molar-refractivity contribution is -0.120. The molecule has 2 aliphatic carbocycles. The van der Waals surface area contributed by atoms with Gasteiger partial charge < -0.3 is 15.4 Å². The zero-order chi connectivity index (χ0) is 12.8. The van der Waals surface area contributed by atoms with Crippen molar-refractivity contribution in [2.24, 2.45) is 11.8 Å². The van der Waals surface area contributed by atoms with Crippen molar-refractivity contribution in [3.05, 3.63) is 0 Å². The number of carbonyl (C=O) groups excluding carboxylic acids is 1. The van der Waals surface area contributed by atoms with E-state index in [0.29, 0.717) is 19.2 Å². The van der Waals surface area contributed by atoms with Crippen molar-refractivity contribution in [3.8, 4) is 0 Å². The molecule has 0 saturated heterocycles. The van der Waals surface area contributed by atoms with Crippen LogP contribution in [-0.2, 0) is 9.53 Å². The molecule has 0 spiro atoms. The molecular weight excluding hydrogens is 228 g/mol. The number of hydrogen-bond acceptors (Lipinski definition) is 3. The maximum Gasteiger partial charge on any atom is 0.234 e. The molecule has 0 radical (unpaired) electrons. The molecule has 0 aliphatic heterocycles. The number of rotatable bonds is 7. The zero-order valence-electron chi connectivity index (χ0n) is 11.4. The summed E-state index contributed by atoms with van der Waals surface area (Å²) in [6, 6.07) is 0.463. The van der Waals surface area contributed by atoms with Gasteiger partial charge in [0.2, 0.25) is 5.91 Å². The van der Waals surface area contributed by atoms with E-state index in [9.17, 15) is 4.79 Å². The van der Waals surface area contributed by atoms with Gasteiger partial charge in [-0.05, 0) is 18.3 Å². The Bertz CT molecular complexity index is 265. The fraction of sp³-hybridized carbons (Fsp3) is 0.929. The van der Waals surface area contributed by atoms with Gasteiger partial charge in [0.15, 0.2) is 0 Å². The largest absolute Gasteiger partial charge is 0.383 e. The summed E-state index contributed by atoms with van der Waals surface area (Å²) >= 11 is 0. The third-order valence-electron chi connectivity index (χ3n) is 4.21. The highest BCUT2D eigenvalue weighted by Crippen LogP contribution is 2.44. The summed E-state index contributed by atoms with van der Waals surface area (Å²) in [5.74, 6) is 1.79. The summed E-state index contributed by atoms with van der Waals surface area (Å²) in [6.45, 7) is 1.80. The topological polar surface area (TPSA) is 50.4 Å². The Balaban J connectivity index is 1.56. The highest BCUT2D eigenvalue weighted by molar-refractivity contribution is 5.78. The van der Waals surface area contributed by atoms with Crippen LogP contribution in [0.25, 0.3) is 0 Å². The van der Waals surface area contributed by atoms with E-state index in [1.807, 2.05) is 0 Å². The molecule has 2 fully saturated rings. The number of hydrogen-bond donors (Lipinski definition) is 2. The maximum absolute atomic E-state index is 11.7. The Morgan fingerprint density at radius 2 is 2.06 bits per heavy atom. The molecule has 4 heteroatoms. The molecule has 104 valence electrons. The van der Waals surface area contributed by atoms with Crippen LogP contribution < -0.4 is 10.6 Å². The molecule has 2 saturated carbocycles. The minimum atomic E-state index is 0.134. The molecule has 0 heterocycles. The number of methoxy groups -OCH3 is 1. The predicted molar refractivity (Wildman–Crippen MR) is 71.4 cm³/mol. The predicted octanol–water partition coefficient (Wildman–Crippen LogP) is 1.31. The van der Waals surface area contributed by atoms with E-state index in [1.165, 1.54) is 38.5 Å². The molecule has 2 unspecified atom stereocenters. The van der Waals surface area contributed by atoms with Crippen LogP contribution >= 0.6 is 0 Å². The molecule has 0 aromatic heterocycles. The minimum absolute atomic E-state index is 0.134. The Morgan fingerprint density at radius 3 is 2.78 bits per heavy atom. The molecule has 0 bridgehead atoms. The van der Waals surface area contributed by atoms with Gasteiger partial charge in [0.05, 0.1) is 13.2 Å². The first-order valence-electron chi connectivity index (χ1n) is 7.30. The molecule has 0 aromatic rings. The second-order valence-electron chi connectivity index (χ2n) is 5.64. The highest BCUT2D eigenvalue weighted by Gasteiger charge is 2.43. The van der Waals surface area contributed by atoms with Gasteiger partial charge in [0.1, 0.15) is 0 Å². The quantitative estimate of drug-likeness (QED) is 0.673. The smallest absolute Gasteiger partial charge is 0.234 e. The van der Waals surface area contributed by atoms with E-state index in [4.69, 9.17) is 4.74 Å². The Hall–Kier alpha value is -0.610. The van der Waals surface area contributed by atoms with Gasteiger partial charge in [-0.15, -0.1) is 0 Å². The van der Waals surface area contributed by atoms with Crippen molar-refractivity contribution in [2.75, 3.05) is 26.8 Å². The molecule has 18 heavy (non-hydrogen) atoms. The SMILES string of the molecule is COCCNCC(=O)NC1CC1C1CCCCC1. The molecule has 1 amide bonds. The number of amides is 1. The van der Waals surface area contributed by atoms with Gasteiger partial charge in [0, 0.05) is 19.7 Å². The van der Waals surface area contributed by atoms with Gasteiger partial charge >= 0.3 is 0 Å².